The molecule has 0 unspecified atom stereocenters. The zero-order valence-electron chi connectivity index (χ0n) is 15.8. The molecule has 4 aromatic rings. The van der Waals surface area contributed by atoms with Gasteiger partial charge < -0.3 is 9.73 Å². The van der Waals surface area contributed by atoms with E-state index in [1.54, 1.807) is 36.4 Å². The zero-order chi connectivity index (χ0) is 21.3. The van der Waals surface area contributed by atoms with Crippen molar-refractivity contribution < 1.29 is 12.8 Å². The van der Waals surface area contributed by atoms with Crippen LogP contribution < -0.4 is 5.32 Å². The summed E-state index contributed by atoms with van der Waals surface area (Å²) >= 11 is 9.27. The number of nitrogens with zero attached hydrogens (tertiary/aromatic N) is 1. The Bertz CT molecular complexity index is 1300. The average molecular weight is 504 g/mol. The Kier molecular flexibility index (Phi) is 5.69. The number of aryl methyl sites for hydroxylation is 1. The number of sulfone groups is 1. The third kappa shape index (κ3) is 4.14. The predicted molar refractivity (Wildman–Crippen MR) is 121 cm³/mol. The molecule has 3 aromatic carbocycles. The highest BCUT2D eigenvalue weighted by molar-refractivity contribution is 9.10. The average Bonchev–Trinajstić information content (AvgIpc) is 3.15. The van der Waals surface area contributed by atoms with Crippen molar-refractivity contribution in [2.24, 2.45) is 0 Å². The number of hydrogen-bond acceptors (Lipinski definition) is 5. The summed E-state index contributed by atoms with van der Waals surface area (Å²) in [5, 5.41) is 3.41. The van der Waals surface area contributed by atoms with Gasteiger partial charge in [0.05, 0.1) is 4.90 Å². The monoisotopic (exact) mass is 502 g/mol. The van der Waals surface area contributed by atoms with Gasteiger partial charge in [0.2, 0.25) is 26.6 Å². The van der Waals surface area contributed by atoms with Crippen LogP contribution in [-0.4, -0.2) is 13.4 Å². The van der Waals surface area contributed by atoms with Gasteiger partial charge >= 0.3 is 0 Å². The molecular weight excluding hydrogens is 488 g/mol. The van der Waals surface area contributed by atoms with E-state index in [9.17, 15) is 8.42 Å². The lowest BCUT2D eigenvalue weighted by atomic mass is 10.1. The van der Waals surface area contributed by atoms with Crippen LogP contribution in [0.3, 0.4) is 0 Å². The number of benzene rings is 3. The summed E-state index contributed by atoms with van der Waals surface area (Å²) in [6.45, 7) is 1.91. The van der Waals surface area contributed by atoms with E-state index < -0.39 is 9.84 Å². The van der Waals surface area contributed by atoms with Gasteiger partial charge in [-0.1, -0.05) is 45.7 Å². The second-order valence-electron chi connectivity index (χ2n) is 6.56. The van der Waals surface area contributed by atoms with E-state index in [2.05, 4.69) is 26.2 Å². The highest BCUT2D eigenvalue weighted by Crippen LogP contribution is 2.35. The number of rotatable bonds is 5. The lowest BCUT2D eigenvalue weighted by Gasteiger charge is -2.06. The molecule has 1 N–H and O–H groups in total. The summed E-state index contributed by atoms with van der Waals surface area (Å²) in [6.07, 6.45) is 0. The van der Waals surface area contributed by atoms with Crippen molar-refractivity contribution in [2.75, 3.05) is 5.32 Å². The third-order valence-corrected chi connectivity index (χ3v) is 6.91. The Morgan fingerprint density at radius 3 is 2.30 bits per heavy atom. The standard InChI is InChI=1S/C22H16BrClN2O3S/c1-14-4-2-3-5-19(14)20-26-22(30(27,28)18-12-6-15(23)7-13-18)21(29-20)25-17-10-8-16(24)9-11-17/h2-13,25H,1H3. The van der Waals surface area contributed by atoms with Crippen LogP contribution in [0.15, 0.2) is 91.6 Å². The first-order valence-corrected chi connectivity index (χ1v) is 11.6. The second kappa shape index (κ2) is 8.26. The van der Waals surface area contributed by atoms with Gasteiger partial charge in [0, 0.05) is 20.7 Å². The molecule has 8 heteroatoms. The van der Waals surface area contributed by atoms with E-state index in [0.29, 0.717) is 16.3 Å². The topological polar surface area (TPSA) is 72.2 Å². The lowest BCUT2D eigenvalue weighted by Crippen LogP contribution is -2.05. The zero-order valence-corrected chi connectivity index (χ0v) is 18.9. The van der Waals surface area contributed by atoms with Gasteiger partial charge in [-0.05, 0) is 67.1 Å². The molecule has 0 spiro atoms. The Balaban J connectivity index is 1.85. The number of nitrogens with one attached hydrogen (secondary N) is 1. The van der Waals surface area contributed by atoms with Crippen molar-refractivity contribution in [1.82, 2.24) is 4.98 Å². The van der Waals surface area contributed by atoms with Crippen LogP contribution in [0.4, 0.5) is 11.6 Å². The van der Waals surface area contributed by atoms with Crippen molar-refractivity contribution in [3.63, 3.8) is 0 Å². The summed E-state index contributed by atoms with van der Waals surface area (Å²) in [4.78, 5) is 4.49. The maximum absolute atomic E-state index is 13.3. The first-order chi connectivity index (χ1) is 14.3. The minimum atomic E-state index is -3.93. The first-order valence-electron chi connectivity index (χ1n) is 8.95. The van der Waals surface area contributed by atoms with E-state index in [1.807, 2.05) is 31.2 Å². The summed E-state index contributed by atoms with van der Waals surface area (Å²) < 4.78 is 33.4. The van der Waals surface area contributed by atoms with Gasteiger partial charge in [-0.25, -0.2) is 8.42 Å². The number of halogens is 2. The van der Waals surface area contributed by atoms with Crippen LogP contribution >= 0.6 is 27.5 Å². The second-order valence-corrected chi connectivity index (χ2v) is 9.77. The minimum Gasteiger partial charge on any atom is -0.419 e. The lowest BCUT2D eigenvalue weighted by molar-refractivity contribution is 0.581. The highest BCUT2D eigenvalue weighted by atomic mass is 79.9. The fourth-order valence-electron chi connectivity index (χ4n) is 2.89. The molecule has 0 amide bonds. The molecule has 1 heterocycles. The largest absolute Gasteiger partial charge is 0.419 e. The van der Waals surface area contributed by atoms with Gasteiger partial charge in [0.1, 0.15) is 0 Å². The number of oxazole rings is 1. The number of aromatic nitrogens is 1. The summed E-state index contributed by atoms with van der Waals surface area (Å²) in [6, 6.07) is 20.7. The quantitative estimate of drug-likeness (QED) is 0.330. The molecule has 0 bridgehead atoms. The van der Waals surface area contributed by atoms with Crippen molar-refractivity contribution in [2.45, 2.75) is 16.8 Å². The van der Waals surface area contributed by atoms with Crippen LogP contribution in [0, 0.1) is 6.92 Å². The molecule has 0 aliphatic heterocycles. The fourth-order valence-corrected chi connectivity index (χ4v) is 4.53. The van der Waals surface area contributed by atoms with Gasteiger partial charge in [0.15, 0.2) is 0 Å². The molecule has 30 heavy (non-hydrogen) atoms. The fraction of sp³-hybridized carbons (Fsp3) is 0.0455. The van der Waals surface area contributed by atoms with Crippen molar-refractivity contribution in [3.8, 4) is 11.5 Å². The Hall–Kier alpha value is -2.61. The third-order valence-electron chi connectivity index (χ3n) is 4.45. The molecule has 0 atom stereocenters. The molecular formula is C22H16BrClN2O3S. The molecule has 0 saturated heterocycles. The molecule has 152 valence electrons. The van der Waals surface area contributed by atoms with Crippen molar-refractivity contribution in [3.05, 3.63) is 87.9 Å². The molecule has 0 fully saturated rings. The highest BCUT2D eigenvalue weighted by Gasteiger charge is 2.29. The first kappa shape index (κ1) is 20.7. The SMILES string of the molecule is Cc1ccccc1-c1nc(S(=O)(=O)c2ccc(Br)cc2)c(Nc2ccc(Cl)cc2)o1. The van der Waals surface area contributed by atoms with E-state index in [-0.39, 0.29) is 21.7 Å². The minimum absolute atomic E-state index is 0.0403. The molecule has 1 aromatic heterocycles. The van der Waals surface area contributed by atoms with Gasteiger partial charge in [-0.3, -0.25) is 0 Å². The summed E-state index contributed by atoms with van der Waals surface area (Å²) in [7, 11) is -3.93. The molecule has 0 saturated carbocycles. The van der Waals surface area contributed by atoms with E-state index in [4.69, 9.17) is 16.0 Å². The van der Waals surface area contributed by atoms with Crippen molar-refractivity contribution in [1.29, 1.82) is 0 Å². The van der Waals surface area contributed by atoms with E-state index in [1.165, 1.54) is 12.1 Å². The summed E-state index contributed by atoms with van der Waals surface area (Å²) in [5.74, 6) is 0.263. The molecule has 4 rings (SSSR count). The molecule has 0 aliphatic rings. The number of hydrogen-bond donors (Lipinski definition) is 1. The van der Waals surface area contributed by atoms with Crippen LogP contribution in [0.2, 0.25) is 5.02 Å². The van der Waals surface area contributed by atoms with Crippen LogP contribution in [0.1, 0.15) is 5.56 Å². The Morgan fingerprint density at radius 1 is 0.967 bits per heavy atom. The molecule has 5 nitrogen and oxygen atoms in total. The Morgan fingerprint density at radius 2 is 1.63 bits per heavy atom. The molecule has 0 radical (unpaired) electrons. The van der Waals surface area contributed by atoms with Crippen LogP contribution in [0.5, 0.6) is 0 Å². The van der Waals surface area contributed by atoms with E-state index >= 15 is 0 Å². The maximum Gasteiger partial charge on any atom is 0.238 e. The van der Waals surface area contributed by atoms with Gasteiger partial charge in [0.25, 0.3) is 0 Å². The maximum atomic E-state index is 13.3. The number of anilines is 2. The Labute approximate surface area is 187 Å². The van der Waals surface area contributed by atoms with Crippen molar-refractivity contribution >= 4 is 48.9 Å². The van der Waals surface area contributed by atoms with Crippen LogP contribution in [-0.2, 0) is 9.84 Å². The van der Waals surface area contributed by atoms with E-state index in [0.717, 1.165) is 10.0 Å². The normalized spacial score (nSPS) is 11.4. The molecule has 0 aliphatic carbocycles. The predicted octanol–water partition coefficient (Wildman–Crippen LogP) is 6.64. The smallest absolute Gasteiger partial charge is 0.238 e. The van der Waals surface area contributed by atoms with Crippen LogP contribution in [0.25, 0.3) is 11.5 Å². The van der Waals surface area contributed by atoms with Gasteiger partial charge in [-0.15, -0.1) is 0 Å². The van der Waals surface area contributed by atoms with Gasteiger partial charge in [-0.2, -0.15) is 4.98 Å². The summed E-state index contributed by atoms with van der Waals surface area (Å²) in [5.41, 5.74) is 2.26.